The zero-order valence-corrected chi connectivity index (χ0v) is 12.4. The van der Waals surface area contributed by atoms with Crippen molar-refractivity contribution in [3.8, 4) is 0 Å². The number of aliphatic hydroxyl groups is 1. The number of aliphatic hydroxyl groups excluding tert-OH is 1. The molecule has 0 aromatic carbocycles. The summed E-state index contributed by atoms with van der Waals surface area (Å²) >= 11 is 1.10. The molecule has 0 atom stereocenters. The lowest BCUT2D eigenvalue weighted by atomic mass is 10.3. The Kier molecular flexibility index (Phi) is 8.24. The van der Waals surface area contributed by atoms with Crippen molar-refractivity contribution in [2.24, 2.45) is 0 Å². The zero-order valence-electron chi connectivity index (χ0n) is 11.6. The highest BCUT2D eigenvalue weighted by Crippen LogP contribution is 2.17. The molecule has 20 heavy (non-hydrogen) atoms. The summed E-state index contributed by atoms with van der Waals surface area (Å²) in [5.74, 6) is -0.527. The number of rotatable bonds is 11. The third-order valence-electron chi connectivity index (χ3n) is 2.57. The smallest absolute Gasteiger partial charge is 0.313 e. The molecule has 1 rings (SSSR count). The first-order valence-corrected chi connectivity index (χ1v) is 7.62. The number of hydrogen-bond acceptors (Lipinski definition) is 6. The van der Waals surface area contributed by atoms with E-state index in [4.69, 9.17) is 9.84 Å². The second kappa shape index (κ2) is 9.73. The van der Waals surface area contributed by atoms with Crippen molar-refractivity contribution < 1.29 is 19.7 Å². The fraction of sp³-hybridized carbons (Fsp3) is 0.750. The number of carboxylic acids is 1. The van der Waals surface area contributed by atoms with Gasteiger partial charge in [0.15, 0.2) is 11.0 Å². The summed E-state index contributed by atoms with van der Waals surface area (Å²) in [5.41, 5.74) is 0. The summed E-state index contributed by atoms with van der Waals surface area (Å²) < 4.78 is 7.21. The van der Waals surface area contributed by atoms with Crippen LogP contribution in [0.2, 0.25) is 0 Å². The minimum Gasteiger partial charge on any atom is -0.481 e. The van der Waals surface area contributed by atoms with Gasteiger partial charge in [0.2, 0.25) is 0 Å². The molecule has 0 bridgehead atoms. The van der Waals surface area contributed by atoms with Gasteiger partial charge in [-0.15, -0.1) is 10.2 Å². The van der Waals surface area contributed by atoms with Crippen molar-refractivity contribution in [3.63, 3.8) is 0 Å². The average Bonchev–Trinajstić information content (AvgIpc) is 2.82. The van der Waals surface area contributed by atoms with Gasteiger partial charge in [-0.05, 0) is 12.8 Å². The summed E-state index contributed by atoms with van der Waals surface area (Å²) in [5, 5.41) is 26.1. The summed E-state index contributed by atoms with van der Waals surface area (Å²) in [6, 6.07) is 0. The number of aliphatic carboxylic acids is 1. The van der Waals surface area contributed by atoms with Crippen molar-refractivity contribution in [1.29, 1.82) is 0 Å². The number of unbranched alkanes of at least 4 members (excludes halogenated alkanes) is 1. The van der Waals surface area contributed by atoms with E-state index in [2.05, 4.69) is 17.1 Å². The van der Waals surface area contributed by atoms with Gasteiger partial charge in [-0.25, -0.2) is 0 Å². The van der Waals surface area contributed by atoms with E-state index in [1.54, 1.807) is 4.57 Å². The lowest BCUT2D eigenvalue weighted by Gasteiger charge is -2.08. The molecular formula is C12H21N3O4S. The summed E-state index contributed by atoms with van der Waals surface area (Å²) in [7, 11) is 0. The van der Waals surface area contributed by atoms with E-state index in [1.165, 1.54) is 0 Å². The molecule has 0 aliphatic heterocycles. The van der Waals surface area contributed by atoms with E-state index in [1.807, 2.05) is 0 Å². The Labute approximate surface area is 122 Å². The Bertz CT molecular complexity index is 411. The standard InChI is InChI=1S/C12H21N3O4S/c1-2-3-6-19-7-4-5-15-10(8-16)13-14-12(15)20-9-11(17)18/h16H,2-9H2,1H3,(H,17,18). The van der Waals surface area contributed by atoms with Crippen molar-refractivity contribution in [1.82, 2.24) is 14.8 Å². The van der Waals surface area contributed by atoms with E-state index >= 15 is 0 Å². The lowest BCUT2D eigenvalue weighted by molar-refractivity contribution is -0.133. The van der Waals surface area contributed by atoms with Crippen molar-refractivity contribution in [3.05, 3.63) is 5.82 Å². The summed E-state index contributed by atoms with van der Waals surface area (Å²) in [6.07, 6.45) is 2.93. The maximum atomic E-state index is 10.6. The molecular weight excluding hydrogens is 282 g/mol. The van der Waals surface area contributed by atoms with Gasteiger partial charge in [0.1, 0.15) is 6.61 Å². The molecule has 7 nitrogen and oxygen atoms in total. The van der Waals surface area contributed by atoms with E-state index < -0.39 is 5.97 Å². The second-order valence-electron chi connectivity index (χ2n) is 4.21. The molecule has 0 amide bonds. The maximum Gasteiger partial charge on any atom is 0.313 e. The van der Waals surface area contributed by atoms with Gasteiger partial charge in [-0.3, -0.25) is 4.79 Å². The number of hydrogen-bond donors (Lipinski definition) is 2. The average molecular weight is 303 g/mol. The SMILES string of the molecule is CCCCOCCCn1c(CO)nnc1SCC(=O)O. The van der Waals surface area contributed by atoms with E-state index in [0.717, 1.165) is 37.6 Å². The highest BCUT2D eigenvalue weighted by atomic mass is 32.2. The van der Waals surface area contributed by atoms with Crippen LogP contribution in [0.4, 0.5) is 0 Å². The van der Waals surface area contributed by atoms with Crippen LogP contribution < -0.4 is 0 Å². The first-order chi connectivity index (χ1) is 9.69. The molecule has 8 heteroatoms. The molecule has 0 spiro atoms. The predicted octanol–water partition coefficient (Wildman–Crippen LogP) is 1.15. The van der Waals surface area contributed by atoms with Gasteiger partial charge < -0.3 is 19.5 Å². The fourth-order valence-electron chi connectivity index (χ4n) is 1.57. The number of thioether (sulfide) groups is 1. The number of aromatic nitrogens is 3. The summed E-state index contributed by atoms with van der Waals surface area (Å²) in [4.78, 5) is 10.6. The zero-order chi connectivity index (χ0) is 14.8. The monoisotopic (exact) mass is 303 g/mol. The molecule has 2 N–H and O–H groups in total. The van der Waals surface area contributed by atoms with Crippen molar-refractivity contribution in [2.45, 2.75) is 44.5 Å². The molecule has 1 aromatic rings. The molecule has 0 unspecified atom stereocenters. The van der Waals surface area contributed by atoms with Gasteiger partial charge in [0.05, 0.1) is 5.75 Å². The molecule has 0 fully saturated rings. The summed E-state index contributed by atoms with van der Waals surface area (Å²) in [6.45, 7) is 3.90. The van der Waals surface area contributed by atoms with E-state index in [0.29, 0.717) is 24.1 Å². The van der Waals surface area contributed by atoms with Crippen molar-refractivity contribution in [2.75, 3.05) is 19.0 Å². The number of carboxylic acid groups (broad SMARTS) is 1. The minimum absolute atomic E-state index is 0.0729. The highest BCUT2D eigenvalue weighted by molar-refractivity contribution is 7.99. The normalized spacial score (nSPS) is 10.9. The third-order valence-corrected chi connectivity index (χ3v) is 3.52. The predicted molar refractivity (Wildman–Crippen MR) is 74.6 cm³/mol. The van der Waals surface area contributed by atoms with E-state index in [-0.39, 0.29) is 12.4 Å². The number of carbonyl (C=O) groups is 1. The Morgan fingerprint density at radius 2 is 2.10 bits per heavy atom. The quantitative estimate of drug-likeness (QED) is 0.467. The molecule has 0 saturated carbocycles. The van der Waals surface area contributed by atoms with Gasteiger partial charge in [0.25, 0.3) is 0 Å². The Balaban J connectivity index is 2.44. The van der Waals surface area contributed by atoms with Crippen LogP contribution in [-0.4, -0.2) is 49.9 Å². The fourth-order valence-corrected chi connectivity index (χ4v) is 2.27. The van der Waals surface area contributed by atoms with Crippen LogP contribution in [0.5, 0.6) is 0 Å². The van der Waals surface area contributed by atoms with Gasteiger partial charge in [0, 0.05) is 19.8 Å². The van der Waals surface area contributed by atoms with Gasteiger partial charge in [-0.1, -0.05) is 25.1 Å². The maximum absolute atomic E-state index is 10.6. The largest absolute Gasteiger partial charge is 0.481 e. The topological polar surface area (TPSA) is 97.5 Å². The molecule has 0 radical (unpaired) electrons. The molecule has 0 aliphatic rings. The first-order valence-electron chi connectivity index (χ1n) is 6.64. The van der Waals surface area contributed by atoms with Gasteiger partial charge >= 0.3 is 5.97 Å². The Hall–Kier alpha value is -1.12. The van der Waals surface area contributed by atoms with Crippen LogP contribution in [0.25, 0.3) is 0 Å². The molecule has 1 aromatic heterocycles. The van der Waals surface area contributed by atoms with E-state index in [9.17, 15) is 9.90 Å². The Morgan fingerprint density at radius 1 is 1.35 bits per heavy atom. The van der Waals surface area contributed by atoms with Gasteiger partial charge in [-0.2, -0.15) is 0 Å². The molecule has 114 valence electrons. The third kappa shape index (κ3) is 5.89. The minimum atomic E-state index is -0.905. The van der Waals surface area contributed by atoms with Crippen LogP contribution in [0.1, 0.15) is 32.0 Å². The number of nitrogens with zero attached hydrogens (tertiary/aromatic N) is 3. The van der Waals surface area contributed by atoms with Crippen LogP contribution in [0, 0.1) is 0 Å². The van der Waals surface area contributed by atoms with Crippen LogP contribution >= 0.6 is 11.8 Å². The van der Waals surface area contributed by atoms with Crippen LogP contribution in [0.15, 0.2) is 5.16 Å². The second-order valence-corrected chi connectivity index (χ2v) is 5.15. The van der Waals surface area contributed by atoms with Crippen molar-refractivity contribution >= 4 is 17.7 Å². The first kappa shape index (κ1) is 16.9. The highest BCUT2D eigenvalue weighted by Gasteiger charge is 2.12. The molecule has 0 aliphatic carbocycles. The lowest BCUT2D eigenvalue weighted by Crippen LogP contribution is -2.09. The Morgan fingerprint density at radius 3 is 2.75 bits per heavy atom. The van der Waals surface area contributed by atoms with Crippen LogP contribution in [0.3, 0.4) is 0 Å². The van der Waals surface area contributed by atoms with Crippen LogP contribution in [-0.2, 0) is 22.7 Å². The number of ether oxygens (including phenoxy) is 1. The molecule has 1 heterocycles. The molecule has 0 saturated heterocycles.